The summed E-state index contributed by atoms with van der Waals surface area (Å²) in [4.78, 5) is 6.91. The van der Waals surface area contributed by atoms with E-state index in [0.29, 0.717) is 5.92 Å². The van der Waals surface area contributed by atoms with Crippen LogP contribution >= 0.6 is 0 Å². The van der Waals surface area contributed by atoms with Gasteiger partial charge in [0.15, 0.2) is 0 Å². The van der Waals surface area contributed by atoms with Gasteiger partial charge in [0.25, 0.3) is 0 Å². The molecule has 0 aromatic carbocycles. The normalized spacial score (nSPS) is 19.1. The molecule has 0 amide bonds. The van der Waals surface area contributed by atoms with Crippen molar-refractivity contribution in [2.45, 2.75) is 59.8 Å². The topological polar surface area (TPSA) is 15.6 Å². The first kappa shape index (κ1) is 21.6. The van der Waals surface area contributed by atoms with Gasteiger partial charge in [0.05, 0.1) is 0 Å². The number of allylic oxidation sites excluding steroid dienone is 8. The predicted molar refractivity (Wildman–Crippen MR) is 114 cm³/mol. The fourth-order valence-corrected chi connectivity index (χ4v) is 3.55. The molecule has 0 aromatic rings. The molecule has 1 rings (SSSR count). The van der Waals surface area contributed by atoms with Crippen LogP contribution in [0.25, 0.3) is 0 Å². The number of nitrogens with zero attached hydrogens (tertiary/aromatic N) is 2. The minimum atomic E-state index is 0.343. The second-order valence-corrected chi connectivity index (χ2v) is 6.90. The van der Waals surface area contributed by atoms with Crippen LogP contribution in [0.15, 0.2) is 51.6 Å². The molecule has 0 aromatic heterocycles. The summed E-state index contributed by atoms with van der Waals surface area (Å²) in [5.41, 5.74) is 6.05. The Balaban J connectivity index is 2.95. The molecule has 0 saturated carbocycles. The third-order valence-electron chi connectivity index (χ3n) is 4.75. The number of aliphatic imine (C=N–C) groups is 1. The molecular weight excluding hydrogens is 304 g/mol. The van der Waals surface area contributed by atoms with Crippen LogP contribution in [0, 0.1) is 5.92 Å². The maximum absolute atomic E-state index is 4.70. The Morgan fingerprint density at radius 3 is 2.44 bits per heavy atom. The quantitative estimate of drug-likeness (QED) is 0.256. The molecule has 0 fully saturated rings. The van der Waals surface area contributed by atoms with Crippen molar-refractivity contribution in [2.75, 3.05) is 27.2 Å². The Kier molecular flexibility index (Phi) is 10.4. The molecule has 1 aliphatic rings. The van der Waals surface area contributed by atoms with Crippen molar-refractivity contribution in [3.05, 3.63) is 46.6 Å². The fourth-order valence-electron chi connectivity index (χ4n) is 3.55. The largest absolute Gasteiger partial charge is 0.309 e. The van der Waals surface area contributed by atoms with Gasteiger partial charge in [0.2, 0.25) is 0 Å². The van der Waals surface area contributed by atoms with Gasteiger partial charge in [-0.1, -0.05) is 52.0 Å². The molecule has 2 heteroatoms. The summed E-state index contributed by atoms with van der Waals surface area (Å²) in [5.74, 6) is 0.343. The third kappa shape index (κ3) is 6.78. The van der Waals surface area contributed by atoms with Gasteiger partial charge in [-0.15, -0.1) is 0 Å². The van der Waals surface area contributed by atoms with Crippen LogP contribution in [0.3, 0.4) is 0 Å². The molecule has 0 aliphatic heterocycles. The minimum absolute atomic E-state index is 0.343. The molecule has 0 heterocycles. The minimum Gasteiger partial charge on any atom is -0.309 e. The van der Waals surface area contributed by atoms with E-state index in [9.17, 15) is 0 Å². The van der Waals surface area contributed by atoms with Crippen molar-refractivity contribution >= 4 is 6.21 Å². The fraction of sp³-hybridized carbons (Fsp3) is 0.609. The molecule has 25 heavy (non-hydrogen) atoms. The van der Waals surface area contributed by atoms with E-state index in [-0.39, 0.29) is 0 Å². The Bertz CT molecular complexity index is 544. The highest BCUT2D eigenvalue weighted by Gasteiger charge is 2.19. The number of rotatable bonds is 11. The second kappa shape index (κ2) is 12.0. The third-order valence-corrected chi connectivity index (χ3v) is 4.75. The molecule has 2 nitrogen and oxygen atoms in total. The SMILES string of the molecule is CC/C=C(CC)/C(CC)=C(\CC)C1=CC=CC1C=NCCCN(C)C. The van der Waals surface area contributed by atoms with Gasteiger partial charge < -0.3 is 4.90 Å². The maximum Gasteiger partial charge on any atom is 0.0397 e. The molecule has 0 radical (unpaired) electrons. The number of hydrogen-bond donors (Lipinski definition) is 0. The highest BCUT2D eigenvalue weighted by molar-refractivity contribution is 5.73. The zero-order valence-corrected chi connectivity index (χ0v) is 17.3. The lowest BCUT2D eigenvalue weighted by Crippen LogP contribution is -2.13. The number of hydrogen-bond acceptors (Lipinski definition) is 2. The average Bonchev–Trinajstić information content (AvgIpc) is 3.05. The maximum atomic E-state index is 4.70. The molecule has 1 atom stereocenters. The van der Waals surface area contributed by atoms with E-state index in [2.05, 4.69) is 77.2 Å². The summed E-state index contributed by atoms with van der Waals surface area (Å²) < 4.78 is 0. The van der Waals surface area contributed by atoms with E-state index in [1.165, 1.54) is 16.7 Å². The molecule has 0 spiro atoms. The summed E-state index contributed by atoms with van der Waals surface area (Å²) in [6.07, 6.45) is 16.9. The summed E-state index contributed by atoms with van der Waals surface area (Å²) >= 11 is 0. The highest BCUT2D eigenvalue weighted by Crippen LogP contribution is 2.34. The summed E-state index contributed by atoms with van der Waals surface area (Å²) in [6.45, 7) is 11.1. The monoisotopic (exact) mass is 342 g/mol. The van der Waals surface area contributed by atoms with Crippen LogP contribution in [0.5, 0.6) is 0 Å². The van der Waals surface area contributed by atoms with Gasteiger partial charge in [0.1, 0.15) is 0 Å². The highest BCUT2D eigenvalue weighted by atomic mass is 15.0. The summed E-state index contributed by atoms with van der Waals surface area (Å²) in [5, 5.41) is 0. The Hall–Kier alpha value is -1.41. The smallest absolute Gasteiger partial charge is 0.0397 e. The van der Waals surface area contributed by atoms with Crippen molar-refractivity contribution in [3.63, 3.8) is 0 Å². The standard InChI is InChI=1S/C23H38N2/c1-7-13-19(8-2)21(9-3)22(10-4)23-15-11-14-20(23)18-24-16-12-17-25(5)6/h11,13-15,18,20H,7-10,12,16-17H2,1-6H3/b19-13+,22-21+,24-18?. The van der Waals surface area contributed by atoms with Crippen molar-refractivity contribution in [3.8, 4) is 0 Å². The van der Waals surface area contributed by atoms with E-state index in [4.69, 9.17) is 4.99 Å². The lowest BCUT2D eigenvalue weighted by atomic mass is 9.85. The molecule has 0 bridgehead atoms. The summed E-state index contributed by atoms with van der Waals surface area (Å²) in [6, 6.07) is 0. The first-order chi connectivity index (χ1) is 12.1. The molecule has 140 valence electrons. The van der Waals surface area contributed by atoms with Crippen molar-refractivity contribution in [1.29, 1.82) is 0 Å². The van der Waals surface area contributed by atoms with E-state index in [1.807, 2.05) is 0 Å². The van der Waals surface area contributed by atoms with E-state index in [0.717, 1.165) is 45.2 Å². The Labute approximate surface area is 156 Å². The van der Waals surface area contributed by atoms with Crippen LogP contribution in [0.4, 0.5) is 0 Å². The van der Waals surface area contributed by atoms with E-state index in [1.54, 1.807) is 5.57 Å². The van der Waals surface area contributed by atoms with Crippen LogP contribution in [0.1, 0.15) is 59.8 Å². The van der Waals surface area contributed by atoms with Gasteiger partial charge >= 0.3 is 0 Å². The lowest BCUT2D eigenvalue weighted by Gasteiger charge is -2.20. The van der Waals surface area contributed by atoms with Gasteiger partial charge in [0, 0.05) is 18.7 Å². The van der Waals surface area contributed by atoms with Crippen molar-refractivity contribution < 1.29 is 0 Å². The van der Waals surface area contributed by atoms with Gasteiger partial charge in [-0.05, 0) is 75.0 Å². The average molecular weight is 343 g/mol. The van der Waals surface area contributed by atoms with E-state index < -0.39 is 0 Å². The zero-order valence-electron chi connectivity index (χ0n) is 17.3. The van der Waals surface area contributed by atoms with Crippen LogP contribution in [-0.2, 0) is 0 Å². The van der Waals surface area contributed by atoms with Crippen LogP contribution in [-0.4, -0.2) is 38.3 Å². The first-order valence-corrected chi connectivity index (χ1v) is 10.0. The van der Waals surface area contributed by atoms with Crippen molar-refractivity contribution in [1.82, 2.24) is 4.90 Å². The zero-order chi connectivity index (χ0) is 18.7. The van der Waals surface area contributed by atoms with Crippen LogP contribution in [0.2, 0.25) is 0 Å². The summed E-state index contributed by atoms with van der Waals surface area (Å²) in [7, 11) is 4.23. The lowest BCUT2D eigenvalue weighted by molar-refractivity contribution is 0.403. The molecule has 1 aliphatic carbocycles. The Morgan fingerprint density at radius 1 is 1.12 bits per heavy atom. The Morgan fingerprint density at radius 2 is 1.88 bits per heavy atom. The molecular formula is C23H38N2. The van der Waals surface area contributed by atoms with Crippen LogP contribution < -0.4 is 0 Å². The van der Waals surface area contributed by atoms with E-state index >= 15 is 0 Å². The predicted octanol–water partition coefficient (Wildman–Crippen LogP) is 5.98. The second-order valence-electron chi connectivity index (χ2n) is 6.90. The molecule has 0 N–H and O–H groups in total. The van der Waals surface area contributed by atoms with Crippen molar-refractivity contribution in [2.24, 2.45) is 10.9 Å². The molecule has 1 unspecified atom stereocenters. The molecule has 0 saturated heterocycles. The van der Waals surface area contributed by atoms with Gasteiger partial charge in [-0.25, -0.2) is 0 Å². The van der Waals surface area contributed by atoms with Gasteiger partial charge in [-0.3, -0.25) is 4.99 Å². The first-order valence-electron chi connectivity index (χ1n) is 10.0. The van der Waals surface area contributed by atoms with Gasteiger partial charge in [-0.2, -0.15) is 0 Å².